The number of aliphatic hydroxyl groups excluding tert-OH is 1. The second-order valence-corrected chi connectivity index (χ2v) is 4.21. The van der Waals surface area contributed by atoms with Crippen LogP contribution in [0.4, 0.5) is 0 Å². The molecule has 2 aliphatic rings. The van der Waals surface area contributed by atoms with E-state index in [-0.39, 0.29) is 11.5 Å². The smallest absolute Gasteiger partial charge is 0.0706 e. The summed E-state index contributed by atoms with van der Waals surface area (Å²) < 4.78 is 0. The minimum absolute atomic E-state index is 0.0431. The average molecular weight is 161 g/mol. The summed E-state index contributed by atoms with van der Waals surface area (Å²) in [6.07, 6.45) is 4.46. The Labute approximate surface area is 66.4 Å². The predicted octanol–water partition coefficient (Wildman–Crippen LogP) is 1.77. The first-order valence-corrected chi connectivity index (χ1v) is 4.53. The van der Waals surface area contributed by atoms with Crippen LogP contribution in [0.3, 0.4) is 0 Å². The highest BCUT2D eigenvalue weighted by Gasteiger charge is 2.40. The van der Waals surface area contributed by atoms with Crippen LogP contribution in [0, 0.1) is 11.8 Å². The predicted molar refractivity (Wildman–Crippen MR) is 41.1 cm³/mol. The molecule has 0 spiro atoms. The van der Waals surface area contributed by atoms with Crippen molar-refractivity contribution in [2.75, 3.05) is 0 Å². The molecule has 2 unspecified atom stereocenters. The van der Waals surface area contributed by atoms with Gasteiger partial charge in [0.25, 0.3) is 0 Å². The summed E-state index contributed by atoms with van der Waals surface area (Å²) >= 11 is 5.91. The lowest BCUT2D eigenvalue weighted by Crippen LogP contribution is -2.41. The molecule has 0 saturated heterocycles. The molecule has 1 nitrogen and oxygen atoms in total. The summed E-state index contributed by atoms with van der Waals surface area (Å²) in [5, 5.41) is 9.41. The Morgan fingerprint density at radius 3 is 2.20 bits per heavy atom. The van der Waals surface area contributed by atoms with Gasteiger partial charge in [-0.1, -0.05) is 0 Å². The van der Waals surface area contributed by atoms with Gasteiger partial charge in [0.15, 0.2) is 0 Å². The number of fused-ring (bicyclic) bond motifs is 1. The van der Waals surface area contributed by atoms with Crippen molar-refractivity contribution in [1.82, 2.24) is 0 Å². The SMILES string of the molecule is O[C@@H]1CC2CCC2C[C@H]1Cl. The molecule has 2 aliphatic carbocycles. The lowest BCUT2D eigenvalue weighted by atomic mass is 9.65. The number of hydrogen-bond acceptors (Lipinski definition) is 1. The highest BCUT2D eigenvalue weighted by atomic mass is 35.5. The summed E-state index contributed by atoms with van der Waals surface area (Å²) in [4.78, 5) is 0. The lowest BCUT2D eigenvalue weighted by molar-refractivity contribution is 0.0221. The van der Waals surface area contributed by atoms with Crippen LogP contribution >= 0.6 is 11.6 Å². The fraction of sp³-hybridized carbons (Fsp3) is 1.00. The molecule has 0 aromatic heterocycles. The van der Waals surface area contributed by atoms with E-state index >= 15 is 0 Å². The Kier molecular flexibility index (Phi) is 1.65. The van der Waals surface area contributed by atoms with Gasteiger partial charge in [-0.3, -0.25) is 0 Å². The van der Waals surface area contributed by atoms with E-state index in [4.69, 9.17) is 11.6 Å². The van der Waals surface area contributed by atoms with Gasteiger partial charge < -0.3 is 5.11 Å². The molecule has 2 rings (SSSR count). The maximum absolute atomic E-state index is 9.37. The van der Waals surface area contributed by atoms with E-state index in [0.29, 0.717) is 0 Å². The van der Waals surface area contributed by atoms with Crippen LogP contribution < -0.4 is 0 Å². The van der Waals surface area contributed by atoms with Crippen molar-refractivity contribution < 1.29 is 5.11 Å². The molecule has 0 heterocycles. The normalized spacial score (nSPS) is 53.4. The summed E-state index contributed by atoms with van der Waals surface area (Å²) in [5.74, 6) is 1.66. The van der Waals surface area contributed by atoms with Crippen LogP contribution in [-0.2, 0) is 0 Å². The summed E-state index contributed by atoms with van der Waals surface area (Å²) in [6, 6.07) is 0. The van der Waals surface area contributed by atoms with Crippen molar-refractivity contribution in [1.29, 1.82) is 0 Å². The van der Waals surface area contributed by atoms with Crippen molar-refractivity contribution in [3.8, 4) is 0 Å². The third kappa shape index (κ3) is 0.960. The summed E-state index contributed by atoms with van der Waals surface area (Å²) in [6.45, 7) is 0. The molecule has 0 bridgehead atoms. The monoisotopic (exact) mass is 160 g/mol. The van der Waals surface area contributed by atoms with Crippen molar-refractivity contribution in [3.05, 3.63) is 0 Å². The third-order valence-electron chi connectivity index (χ3n) is 3.06. The molecular formula is C8H13ClO. The zero-order valence-corrected chi connectivity index (χ0v) is 6.72. The molecule has 0 aromatic carbocycles. The number of aliphatic hydroxyl groups is 1. The molecule has 0 amide bonds. The van der Waals surface area contributed by atoms with Crippen molar-refractivity contribution in [2.45, 2.75) is 37.2 Å². The van der Waals surface area contributed by atoms with Crippen LogP contribution in [0.5, 0.6) is 0 Å². The first-order chi connectivity index (χ1) is 4.77. The molecular weight excluding hydrogens is 148 g/mol. The molecule has 0 radical (unpaired) electrons. The summed E-state index contributed by atoms with van der Waals surface area (Å²) in [5.41, 5.74) is 0. The first kappa shape index (κ1) is 6.93. The van der Waals surface area contributed by atoms with Crippen LogP contribution in [0.1, 0.15) is 25.7 Å². The van der Waals surface area contributed by atoms with Crippen molar-refractivity contribution >= 4 is 11.6 Å². The molecule has 1 N–H and O–H groups in total. The van der Waals surface area contributed by atoms with Gasteiger partial charge in [0.1, 0.15) is 0 Å². The number of rotatable bonds is 0. The highest BCUT2D eigenvalue weighted by Crippen LogP contribution is 2.46. The average Bonchev–Trinajstić information content (AvgIpc) is 1.89. The lowest BCUT2D eigenvalue weighted by Gasteiger charge is -2.44. The van der Waals surface area contributed by atoms with E-state index in [2.05, 4.69) is 0 Å². The molecule has 0 aromatic rings. The zero-order chi connectivity index (χ0) is 7.14. The van der Waals surface area contributed by atoms with Gasteiger partial charge in [-0.05, 0) is 37.5 Å². The van der Waals surface area contributed by atoms with E-state index in [1.54, 1.807) is 0 Å². The Balaban J connectivity index is 1.96. The maximum atomic E-state index is 9.37. The molecule has 10 heavy (non-hydrogen) atoms. The molecule has 2 saturated carbocycles. The number of halogens is 1. The van der Waals surface area contributed by atoms with E-state index < -0.39 is 0 Å². The van der Waals surface area contributed by atoms with Gasteiger partial charge in [0.2, 0.25) is 0 Å². The molecule has 4 atom stereocenters. The topological polar surface area (TPSA) is 20.2 Å². The van der Waals surface area contributed by atoms with Crippen molar-refractivity contribution in [2.24, 2.45) is 11.8 Å². The molecule has 58 valence electrons. The Bertz CT molecular complexity index is 117. The fourth-order valence-electron chi connectivity index (χ4n) is 2.16. The van der Waals surface area contributed by atoms with Gasteiger partial charge in [0, 0.05) is 0 Å². The fourth-order valence-corrected chi connectivity index (χ4v) is 2.49. The van der Waals surface area contributed by atoms with Gasteiger partial charge in [-0.15, -0.1) is 11.6 Å². The molecule has 2 fully saturated rings. The van der Waals surface area contributed by atoms with Gasteiger partial charge in [-0.2, -0.15) is 0 Å². The Hall–Kier alpha value is 0.250. The van der Waals surface area contributed by atoms with Gasteiger partial charge >= 0.3 is 0 Å². The van der Waals surface area contributed by atoms with E-state index in [1.807, 2.05) is 0 Å². The van der Waals surface area contributed by atoms with Crippen LogP contribution in [0.2, 0.25) is 0 Å². The Morgan fingerprint density at radius 1 is 1.10 bits per heavy atom. The van der Waals surface area contributed by atoms with Crippen LogP contribution in [0.15, 0.2) is 0 Å². The quantitative estimate of drug-likeness (QED) is 0.536. The first-order valence-electron chi connectivity index (χ1n) is 4.09. The zero-order valence-electron chi connectivity index (χ0n) is 5.96. The second-order valence-electron chi connectivity index (χ2n) is 3.65. The largest absolute Gasteiger partial charge is 0.392 e. The number of alkyl halides is 1. The van der Waals surface area contributed by atoms with E-state index in [0.717, 1.165) is 24.7 Å². The molecule has 2 heteroatoms. The van der Waals surface area contributed by atoms with Gasteiger partial charge in [0.05, 0.1) is 11.5 Å². The Morgan fingerprint density at radius 2 is 1.70 bits per heavy atom. The summed E-state index contributed by atoms with van der Waals surface area (Å²) in [7, 11) is 0. The minimum Gasteiger partial charge on any atom is -0.392 e. The van der Waals surface area contributed by atoms with E-state index in [9.17, 15) is 5.11 Å². The second kappa shape index (κ2) is 2.38. The van der Waals surface area contributed by atoms with E-state index in [1.165, 1.54) is 12.8 Å². The standard InChI is InChI=1S/C8H13ClO/c9-7-3-5-1-2-6(5)4-8(7)10/h5-8,10H,1-4H2/t5?,6?,7-,8-/m1/s1. The maximum Gasteiger partial charge on any atom is 0.0706 e. The highest BCUT2D eigenvalue weighted by molar-refractivity contribution is 6.21. The minimum atomic E-state index is -0.219. The van der Waals surface area contributed by atoms with Crippen molar-refractivity contribution in [3.63, 3.8) is 0 Å². The van der Waals surface area contributed by atoms with Crippen LogP contribution in [0.25, 0.3) is 0 Å². The number of hydrogen-bond donors (Lipinski definition) is 1. The van der Waals surface area contributed by atoms with Crippen LogP contribution in [-0.4, -0.2) is 16.6 Å². The van der Waals surface area contributed by atoms with Gasteiger partial charge in [-0.25, -0.2) is 0 Å². The molecule has 0 aliphatic heterocycles. The third-order valence-corrected chi connectivity index (χ3v) is 3.53.